The number of amides is 1. The number of benzene rings is 1. The van der Waals surface area contributed by atoms with Crippen molar-refractivity contribution in [3.8, 4) is 0 Å². The van der Waals surface area contributed by atoms with Crippen LogP contribution in [0.5, 0.6) is 0 Å². The largest absolute Gasteiger partial charge is 0.303 e. The van der Waals surface area contributed by atoms with Crippen molar-refractivity contribution in [2.75, 3.05) is 5.32 Å². The molecule has 0 fully saturated rings. The van der Waals surface area contributed by atoms with Gasteiger partial charge in [0.25, 0.3) is 5.91 Å². The van der Waals surface area contributed by atoms with Crippen molar-refractivity contribution in [1.29, 1.82) is 0 Å². The van der Waals surface area contributed by atoms with Crippen LogP contribution in [0.4, 0.5) is 5.95 Å². The molecular formula is C15H20N4O. The Morgan fingerprint density at radius 2 is 1.95 bits per heavy atom. The van der Waals surface area contributed by atoms with Gasteiger partial charge in [-0.3, -0.25) is 10.1 Å². The first-order valence-corrected chi connectivity index (χ1v) is 6.70. The number of nitrogens with one attached hydrogen (secondary N) is 1. The van der Waals surface area contributed by atoms with Crippen LogP contribution in [0.2, 0.25) is 0 Å². The summed E-state index contributed by atoms with van der Waals surface area (Å²) in [5.74, 6) is 0.259. The van der Waals surface area contributed by atoms with Gasteiger partial charge >= 0.3 is 0 Å². The van der Waals surface area contributed by atoms with Crippen LogP contribution in [-0.2, 0) is 12.5 Å². The first-order chi connectivity index (χ1) is 9.44. The molecule has 0 radical (unpaired) electrons. The van der Waals surface area contributed by atoms with Gasteiger partial charge in [-0.25, -0.2) is 0 Å². The molecule has 0 aliphatic carbocycles. The topological polar surface area (TPSA) is 59.8 Å². The molecule has 0 unspecified atom stereocenters. The van der Waals surface area contributed by atoms with E-state index in [0.717, 1.165) is 6.42 Å². The lowest BCUT2D eigenvalue weighted by Gasteiger charge is -2.23. The van der Waals surface area contributed by atoms with Crippen LogP contribution in [0.25, 0.3) is 0 Å². The van der Waals surface area contributed by atoms with E-state index in [0.29, 0.717) is 11.5 Å². The van der Waals surface area contributed by atoms with Crippen molar-refractivity contribution in [1.82, 2.24) is 14.8 Å². The summed E-state index contributed by atoms with van der Waals surface area (Å²) in [5, 5.41) is 10.3. The Kier molecular flexibility index (Phi) is 3.88. The maximum absolute atomic E-state index is 12.1. The Labute approximate surface area is 119 Å². The number of nitrogens with zero attached hydrogens (tertiary/aromatic N) is 3. The molecule has 2 rings (SSSR count). The molecule has 1 heterocycles. The van der Waals surface area contributed by atoms with Gasteiger partial charge in [0.05, 0.1) is 0 Å². The third kappa shape index (κ3) is 2.87. The Hall–Kier alpha value is -2.17. The van der Waals surface area contributed by atoms with E-state index in [1.54, 1.807) is 17.9 Å². The second kappa shape index (κ2) is 5.45. The van der Waals surface area contributed by atoms with E-state index in [1.807, 2.05) is 24.3 Å². The highest BCUT2D eigenvalue weighted by Gasteiger charge is 2.18. The van der Waals surface area contributed by atoms with E-state index in [4.69, 9.17) is 0 Å². The van der Waals surface area contributed by atoms with Gasteiger partial charge in [-0.2, -0.15) is 0 Å². The standard InChI is InChI=1S/C15H20N4O/c1-5-15(2,3)12-8-6-11(7-9-12)13(20)17-14-18-16-10-19(14)4/h6-10H,5H2,1-4H3,(H,17,18,20). The van der Waals surface area contributed by atoms with Crippen LogP contribution in [-0.4, -0.2) is 20.7 Å². The fraction of sp³-hybridized carbons (Fsp3) is 0.400. The molecule has 0 aliphatic heterocycles. The predicted molar refractivity (Wildman–Crippen MR) is 78.7 cm³/mol. The van der Waals surface area contributed by atoms with Gasteiger partial charge in [-0.1, -0.05) is 32.9 Å². The van der Waals surface area contributed by atoms with E-state index < -0.39 is 0 Å². The molecule has 1 amide bonds. The first kappa shape index (κ1) is 14.2. The number of hydrogen-bond donors (Lipinski definition) is 1. The molecule has 0 aliphatic rings. The highest BCUT2D eigenvalue weighted by Crippen LogP contribution is 2.26. The number of hydrogen-bond acceptors (Lipinski definition) is 3. The van der Waals surface area contributed by atoms with Crippen molar-refractivity contribution < 1.29 is 4.79 Å². The van der Waals surface area contributed by atoms with Gasteiger partial charge in [0.15, 0.2) is 0 Å². The molecule has 0 saturated heterocycles. The maximum atomic E-state index is 12.1. The van der Waals surface area contributed by atoms with Crippen molar-refractivity contribution in [2.45, 2.75) is 32.6 Å². The summed E-state index contributed by atoms with van der Waals surface area (Å²) < 4.78 is 1.66. The predicted octanol–water partition coefficient (Wildman–Crippen LogP) is 2.76. The normalized spacial score (nSPS) is 11.4. The van der Waals surface area contributed by atoms with Gasteiger partial charge in [-0.05, 0) is 29.5 Å². The lowest BCUT2D eigenvalue weighted by molar-refractivity contribution is 0.102. The van der Waals surface area contributed by atoms with Crippen molar-refractivity contribution in [2.24, 2.45) is 7.05 Å². The molecule has 0 bridgehead atoms. The van der Waals surface area contributed by atoms with Gasteiger partial charge in [0.2, 0.25) is 5.95 Å². The highest BCUT2D eigenvalue weighted by molar-refractivity contribution is 6.03. The number of carbonyl (C=O) groups is 1. The zero-order chi connectivity index (χ0) is 14.8. The quantitative estimate of drug-likeness (QED) is 0.931. The van der Waals surface area contributed by atoms with Crippen LogP contribution >= 0.6 is 0 Å². The van der Waals surface area contributed by atoms with Crippen LogP contribution in [0.3, 0.4) is 0 Å². The summed E-state index contributed by atoms with van der Waals surface area (Å²) >= 11 is 0. The van der Waals surface area contributed by atoms with E-state index in [9.17, 15) is 4.79 Å². The lowest BCUT2D eigenvalue weighted by atomic mass is 9.82. The molecule has 20 heavy (non-hydrogen) atoms. The molecule has 0 spiro atoms. The number of aryl methyl sites for hydroxylation is 1. The lowest BCUT2D eigenvalue weighted by Crippen LogP contribution is -2.17. The fourth-order valence-electron chi connectivity index (χ4n) is 1.85. The molecule has 2 aromatic rings. The Balaban J connectivity index is 2.14. The fourth-order valence-corrected chi connectivity index (χ4v) is 1.85. The summed E-state index contributed by atoms with van der Waals surface area (Å²) in [6.45, 7) is 6.55. The summed E-state index contributed by atoms with van der Waals surface area (Å²) in [7, 11) is 1.78. The number of aromatic nitrogens is 3. The zero-order valence-corrected chi connectivity index (χ0v) is 12.3. The monoisotopic (exact) mass is 272 g/mol. The minimum absolute atomic E-state index is 0.124. The van der Waals surface area contributed by atoms with Crippen LogP contribution in [0.15, 0.2) is 30.6 Å². The highest BCUT2D eigenvalue weighted by atomic mass is 16.1. The summed E-state index contributed by atoms with van der Waals surface area (Å²) in [6, 6.07) is 7.71. The Morgan fingerprint density at radius 3 is 2.45 bits per heavy atom. The zero-order valence-electron chi connectivity index (χ0n) is 12.3. The van der Waals surface area contributed by atoms with E-state index in [2.05, 4.69) is 36.3 Å². The van der Waals surface area contributed by atoms with Gasteiger partial charge < -0.3 is 4.57 Å². The van der Waals surface area contributed by atoms with Crippen molar-refractivity contribution in [3.05, 3.63) is 41.7 Å². The van der Waals surface area contributed by atoms with Crippen LogP contribution in [0.1, 0.15) is 43.1 Å². The average molecular weight is 272 g/mol. The Bertz CT molecular complexity index is 599. The minimum Gasteiger partial charge on any atom is -0.303 e. The molecular weight excluding hydrogens is 252 g/mol. The summed E-state index contributed by atoms with van der Waals surface area (Å²) in [5.41, 5.74) is 1.97. The van der Waals surface area contributed by atoms with E-state index >= 15 is 0 Å². The second-order valence-corrected chi connectivity index (χ2v) is 5.53. The molecule has 1 aromatic carbocycles. The maximum Gasteiger partial charge on any atom is 0.258 e. The molecule has 1 N–H and O–H groups in total. The van der Waals surface area contributed by atoms with Gasteiger partial charge in [0.1, 0.15) is 6.33 Å². The summed E-state index contributed by atoms with van der Waals surface area (Å²) in [6.07, 6.45) is 2.60. The molecule has 5 heteroatoms. The van der Waals surface area contributed by atoms with E-state index in [1.165, 1.54) is 5.56 Å². The SMILES string of the molecule is CCC(C)(C)c1ccc(C(=O)Nc2nncn2C)cc1. The summed E-state index contributed by atoms with van der Waals surface area (Å²) in [4.78, 5) is 12.1. The molecule has 0 atom stereocenters. The second-order valence-electron chi connectivity index (χ2n) is 5.53. The molecule has 0 saturated carbocycles. The van der Waals surface area contributed by atoms with Crippen molar-refractivity contribution >= 4 is 11.9 Å². The van der Waals surface area contributed by atoms with Crippen LogP contribution < -0.4 is 5.32 Å². The average Bonchev–Trinajstić information content (AvgIpc) is 2.84. The third-order valence-corrected chi connectivity index (χ3v) is 3.75. The number of rotatable bonds is 4. The number of carbonyl (C=O) groups excluding carboxylic acids is 1. The van der Waals surface area contributed by atoms with Gasteiger partial charge in [-0.15, -0.1) is 10.2 Å². The first-order valence-electron chi connectivity index (χ1n) is 6.70. The minimum atomic E-state index is -0.179. The molecule has 1 aromatic heterocycles. The van der Waals surface area contributed by atoms with E-state index in [-0.39, 0.29) is 11.3 Å². The van der Waals surface area contributed by atoms with Gasteiger partial charge in [0, 0.05) is 12.6 Å². The number of anilines is 1. The van der Waals surface area contributed by atoms with Crippen LogP contribution in [0, 0.1) is 0 Å². The van der Waals surface area contributed by atoms with Crippen molar-refractivity contribution in [3.63, 3.8) is 0 Å². The smallest absolute Gasteiger partial charge is 0.258 e. The molecule has 106 valence electrons. The Morgan fingerprint density at radius 1 is 1.30 bits per heavy atom. The third-order valence-electron chi connectivity index (χ3n) is 3.75. The molecule has 5 nitrogen and oxygen atoms in total.